The summed E-state index contributed by atoms with van der Waals surface area (Å²) in [6, 6.07) is 0. The van der Waals surface area contributed by atoms with Crippen molar-refractivity contribution >= 4 is 58.0 Å². The highest BCUT2D eigenvalue weighted by Gasteiger charge is 2.25. The first-order valence-electron chi connectivity index (χ1n) is 2.01. The normalized spacial score (nSPS) is 14.2. The molecule has 0 nitrogen and oxygen atoms in total. The third-order valence-electron chi connectivity index (χ3n) is 0.722. The van der Waals surface area contributed by atoms with Crippen LogP contribution in [0.5, 0.6) is 0 Å². The van der Waals surface area contributed by atoms with Crippen molar-refractivity contribution in [2.45, 2.75) is 12.4 Å². The molecule has 1 unspecified atom stereocenters. The fourth-order valence-electron chi connectivity index (χ4n) is 0.0952. The van der Waals surface area contributed by atoms with Gasteiger partial charge in [0.05, 0.1) is 0 Å². The van der Waals surface area contributed by atoms with E-state index in [0.29, 0.717) is 0 Å². The summed E-state index contributed by atoms with van der Waals surface area (Å²) in [5.41, 5.74) is -0.398. The molecular formula is C2H4BCl4Si. The lowest BCUT2D eigenvalue weighted by atomic mass is 10.0. The second-order valence-electron chi connectivity index (χ2n) is 1.41. The van der Waals surface area contributed by atoms with Crippen molar-refractivity contribution in [2.75, 3.05) is 0 Å². The average molecular weight is 209 g/mol. The van der Waals surface area contributed by atoms with Gasteiger partial charge in [-0.05, 0) is 5.44 Å². The molecule has 0 amide bonds. The predicted molar refractivity (Wildman–Crippen MR) is 44.3 cm³/mol. The van der Waals surface area contributed by atoms with Crippen LogP contribution in [0.15, 0.2) is 0 Å². The van der Waals surface area contributed by atoms with Crippen LogP contribution in [0.2, 0.25) is 5.44 Å². The summed E-state index contributed by atoms with van der Waals surface area (Å²) in [6.07, 6.45) is 0. The lowest BCUT2D eigenvalue weighted by molar-refractivity contribution is 1.33. The molecule has 1 radical (unpaired) electrons. The van der Waals surface area contributed by atoms with E-state index in [1.165, 1.54) is 0 Å². The highest BCUT2D eigenvalue weighted by Crippen LogP contribution is 2.23. The van der Waals surface area contributed by atoms with E-state index in [-0.39, 0.29) is 5.44 Å². The van der Waals surface area contributed by atoms with Gasteiger partial charge >= 0.3 is 5.54 Å². The minimum absolute atomic E-state index is 0.0340. The first-order chi connectivity index (χ1) is 3.55. The van der Waals surface area contributed by atoms with Gasteiger partial charge in [-0.25, -0.2) is 0 Å². The largest absolute Gasteiger partial charge is 0.354 e. The van der Waals surface area contributed by atoms with Gasteiger partial charge in [0.25, 0.3) is 7.42 Å². The Labute approximate surface area is 70.4 Å². The maximum absolute atomic E-state index is 5.52. The zero-order chi connectivity index (χ0) is 6.73. The topological polar surface area (TPSA) is 0 Å². The maximum atomic E-state index is 5.52. The van der Waals surface area contributed by atoms with Gasteiger partial charge < -0.3 is 0 Å². The van der Waals surface area contributed by atoms with Gasteiger partial charge in [-0.15, -0.1) is 22.2 Å². The fourth-order valence-corrected chi connectivity index (χ4v) is 2.57. The molecule has 6 heteroatoms. The van der Waals surface area contributed by atoms with Crippen LogP contribution in [0.4, 0.5) is 0 Å². The van der Waals surface area contributed by atoms with E-state index in [1.54, 1.807) is 0 Å². The van der Waals surface area contributed by atoms with Crippen molar-refractivity contribution in [1.29, 1.82) is 0 Å². The molecule has 0 saturated carbocycles. The Morgan fingerprint density at radius 3 is 1.75 bits per heavy atom. The van der Waals surface area contributed by atoms with E-state index >= 15 is 0 Å². The summed E-state index contributed by atoms with van der Waals surface area (Å²) >= 11 is 21.9. The van der Waals surface area contributed by atoms with Crippen LogP contribution < -0.4 is 0 Å². The summed E-state index contributed by atoms with van der Waals surface area (Å²) in [4.78, 5) is 0. The number of rotatable bonds is 2. The Bertz CT molecular complexity index is 59.1. The second kappa shape index (κ2) is 4.29. The van der Waals surface area contributed by atoms with E-state index in [1.807, 2.05) is 6.92 Å². The molecule has 47 valence electrons. The quantitative estimate of drug-likeness (QED) is 0.484. The minimum atomic E-state index is -1.33. The average Bonchev–Trinajstić information content (AvgIpc) is 1.64. The predicted octanol–water partition coefficient (Wildman–Crippen LogP) is 2.85. The van der Waals surface area contributed by atoms with Crippen LogP contribution in [0.3, 0.4) is 0 Å². The molecule has 0 aromatic heterocycles. The molecule has 0 fully saturated rings. The molecule has 0 aliphatic carbocycles. The van der Waals surface area contributed by atoms with Gasteiger partial charge in [0, 0.05) is 0 Å². The standard InChI is InChI=1S/C2H4BCl4Si/c1-2(3(4)5)8(6)7/h2H,1H3. The summed E-state index contributed by atoms with van der Waals surface area (Å²) < 4.78 is 0. The number of hydrogen-bond acceptors (Lipinski definition) is 0. The summed E-state index contributed by atoms with van der Waals surface area (Å²) in [6.45, 7) is 1.83. The van der Waals surface area contributed by atoms with Gasteiger partial charge in [-0.3, -0.25) is 0 Å². The monoisotopic (exact) mass is 207 g/mol. The van der Waals surface area contributed by atoms with E-state index in [4.69, 9.17) is 45.1 Å². The lowest BCUT2D eigenvalue weighted by Crippen LogP contribution is -2.13. The number of halogens is 4. The molecule has 0 spiro atoms. The van der Waals surface area contributed by atoms with E-state index in [0.717, 1.165) is 0 Å². The highest BCUT2D eigenvalue weighted by molar-refractivity contribution is 7.45. The summed E-state index contributed by atoms with van der Waals surface area (Å²) in [5.74, 6) is 0. The van der Waals surface area contributed by atoms with Crippen molar-refractivity contribution < 1.29 is 0 Å². The molecule has 0 aliphatic rings. The van der Waals surface area contributed by atoms with Crippen molar-refractivity contribution in [1.82, 2.24) is 0 Å². The molecule has 0 saturated heterocycles. The fraction of sp³-hybridized carbons (Fsp3) is 1.00. The smallest absolute Gasteiger partial charge is 0.171 e. The van der Waals surface area contributed by atoms with Crippen LogP contribution in [0, 0.1) is 0 Å². The van der Waals surface area contributed by atoms with Crippen LogP contribution in [-0.4, -0.2) is 13.0 Å². The van der Waals surface area contributed by atoms with Crippen LogP contribution in [-0.2, 0) is 0 Å². The van der Waals surface area contributed by atoms with Crippen molar-refractivity contribution in [3.05, 3.63) is 0 Å². The third-order valence-corrected chi connectivity index (χ3v) is 4.99. The van der Waals surface area contributed by atoms with Crippen molar-refractivity contribution in [3.8, 4) is 0 Å². The number of hydrogen-bond donors (Lipinski definition) is 0. The molecule has 0 rings (SSSR count). The zero-order valence-electron chi connectivity index (χ0n) is 4.17. The highest BCUT2D eigenvalue weighted by atomic mass is 35.7. The van der Waals surface area contributed by atoms with Crippen LogP contribution in [0.1, 0.15) is 6.92 Å². The SMILES string of the molecule is CC(B(Cl)Cl)[Si](Cl)Cl. The Morgan fingerprint density at radius 2 is 1.75 bits per heavy atom. The molecule has 0 aromatic carbocycles. The molecule has 0 bridgehead atoms. The molecule has 0 heterocycles. The molecule has 8 heavy (non-hydrogen) atoms. The van der Waals surface area contributed by atoms with Crippen LogP contribution >= 0.6 is 45.1 Å². The first-order valence-corrected chi connectivity index (χ1v) is 6.49. The Morgan fingerprint density at radius 1 is 1.38 bits per heavy atom. The summed E-state index contributed by atoms with van der Waals surface area (Å²) in [5, 5.41) is 0. The van der Waals surface area contributed by atoms with E-state index in [2.05, 4.69) is 0 Å². The Hall–Kier alpha value is 1.44. The van der Waals surface area contributed by atoms with Crippen LogP contribution in [0.25, 0.3) is 0 Å². The van der Waals surface area contributed by atoms with Crippen molar-refractivity contribution in [2.24, 2.45) is 0 Å². The Balaban J connectivity index is 3.46. The molecule has 0 aliphatic heterocycles. The van der Waals surface area contributed by atoms with Gasteiger partial charge in [0.1, 0.15) is 0 Å². The van der Waals surface area contributed by atoms with E-state index < -0.39 is 13.0 Å². The first kappa shape index (κ1) is 9.44. The second-order valence-corrected chi connectivity index (χ2v) is 7.09. The third kappa shape index (κ3) is 3.46. The van der Waals surface area contributed by atoms with E-state index in [9.17, 15) is 0 Å². The minimum Gasteiger partial charge on any atom is -0.171 e. The molecule has 1 atom stereocenters. The lowest BCUT2D eigenvalue weighted by Gasteiger charge is -2.05. The maximum Gasteiger partial charge on any atom is 0.354 e. The van der Waals surface area contributed by atoms with Gasteiger partial charge in [0.15, 0.2) is 0 Å². The van der Waals surface area contributed by atoms with Gasteiger partial charge in [0.2, 0.25) is 0 Å². The molecular weight excluding hydrogens is 205 g/mol. The molecule has 0 N–H and O–H groups in total. The van der Waals surface area contributed by atoms with Gasteiger partial charge in [-0.2, -0.15) is 22.9 Å². The molecule has 0 aromatic rings. The Kier molecular flexibility index (Phi) is 5.06. The van der Waals surface area contributed by atoms with Crippen molar-refractivity contribution in [3.63, 3.8) is 0 Å². The zero-order valence-corrected chi connectivity index (χ0v) is 8.19. The summed E-state index contributed by atoms with van der Waals surface area (Å²) in [7, 11) is -1.33. The van der Waals surface area contributed by atoms with Gasteiger partial charge in [-0.1, -0.05) is 6.92 Å².